The third-order valence-electron chi connectivity index (χ3n) is 2.39. The fourth-order valence-electron chi connectivity index (χ4n) is 1.49. The highest BCUT2D eigenvalue weighted by Crippen LogP contribution is 2.19. The van der Waals surface area contributed by atoms with Crippen LogP contribution in [0.5, 0.6) is 0 Å². The largest absolute Gasteiger partial charge is 0.375 e. The summed E-state index contributed by atoms with van der Waals surface area (Å²) in [5, 5.41) is 3.91. The summed E-state index contributed by atoms with van der Waals surface area (Å²) in [6, 6.07) is 7.32. The number of hydrogen-bond donors (Lipinski definition) is 2. The predicted octanol–water partition coefficient (Wildman–Crippen LogP) is 2.62. The van der Waals surface area contributed by atoms with E-state index >= 15 is 0 Å². The molecule has 0 radical (unpaired) electrons. The van der Waals surface area contributed by atoms with Crippen LogP contribution in [0, 0.1) is 6.92 Å². The van der Waals surface area contributed by atoms with Crippen molar-refractivity contribution in [2.75, 3.05) is 5.73 Å². The maximum Gasteiger partial charge on any atom is 0.263 e. The Hall–Kier alpha value is -1.59. The summed E-state index contributed by atoms with van der Waals surface area (Å²) in [4.78, 5) is 16.5. The molecule has 0 aliphatic heterocycles. The lowest BCUT2D eigenvalue weighted by molar-refractivity contribution is 0.0954. The Bertz CT molecular complexity index is 565. The SMILES string of the molecule is Cc1nc(N)sc1C(=O)NCc1ccc(Cl)cc1. The number of hydrogen-bond acceptors (Lipinski definition) is 4. The van der Waals surface area contributed by atoms with E-state index in [4.69, 9.17) is 17.3 Å². The van der Waals surface area contributed by atoms with Crippen molar-refractivity contribution in [3.05, 3.63) is 45.4 Å². The lowest BCUT2D eigenvalue weighted by atomic mass is 10.2. The van der Waals surface area contributed by atoms with Crippen LogP contribution in [0.15, 0.2) is 24.3 Å². The quantitative estimate of drug-likeness (QED) is 0.909. The number of aryl methyl sites for hydroxylation is 1. The zero-order chi connectivity index (χ0) is 13.1. The highest BCUT2D eigenvalue weighted by Gasteiger charge is 2.13. The average molecular weight is 282 g/mol. The van der Waals surface area contributed by atoms with Crippen molar-refractivity contribution < 1.29 is 4.79 Å². The fourth-order valence-corrected chi connectivity index (χ4v) is 2.37. The molecule has 0 atom stereocenters. The molecule has 1 heterocycles. The molecule has 1 amide bonds. The van der Waals surface area contributed by atoms with Crippen molar-refractivity contribution in [3.63, 3.8) is 0 Å². The van der Waals surface area contributed by atoms with Gasteiger partial charge in [0, 0.05) is 11.6 Å². The number of nitrogens with two attached hydrogens (primary N) is 1. The zero-order valence-corrected chi connectivity index (χ0v) is 11.3. The second kappa shape index (κ2) is 5.37. The average Bonchev–Trinajstić information content (AvgIpc) is 2.67. The second-order valence-electron chi connectivity index (χ2n) is 3.78. The van der Waals surface area contributed by atoms with Crippen LogP contribution in [-0.4, -0.2) is 10.9 Å². The maximum atomic E-state index is 11.9. The highest BCUT2D eigenvalue weighted by atomic mass is 35.5. The number of carbonyl (C=O) groups is 1. The highest BCUT2D eigenvalue weighted by molar-refractivity contribution is 7.17. The van der Waals surface area contributed by atoms with Crippen molar-refractivity contribution in [3.8, 4) is 0 Å². The Balaban J connectivity index is 2.00. The summed E-state index contributed by atoms with van der Waals surface area (Å²) in [6.07, 6.45) is 0. The summed E-state index contributed by atoms with van der Waals surface area (Å²) in [7, 11) is 0. The van der Waals surface area contributed by atoms with Gasteiger partial charge in [0.2, 0.25) is 0 Å². The van der Waals surface area contributed by atoms with Crippen LogP contribution in [0.3, 0.4) is 0 Å². The van der Waals surface area contributed by atoms with Crippen molar-refractivity contribution >= 4 is 34.0 Å². The first-order valence-electron chi connectivity index (χ1n) is 5.32. The standard InChI is InChI=1S/C12H12ClN3OS/c1-7-10(18-12(14)16-7)11(17)15-6-8-2-4-9(13)5-3-8/h2-5H,6H2,1H3,(H2,14,16)(H,15,17). The topological polar surface area (TPSA) is 68.0 Å². The van der Waals surface area contributed by atoms with Crippen LogP contribution in [0.25, 0.3) is 0 Å². The van der Waals surface area contributed by atoms with E-state index in [-0.39, 0.29) is 5.91 Å². The fraction of sp³-hybridized carbons (Fsp3) is 0.167. The summed E-state index contributed by atoms with van der Waals surface area (Å²) in [6.45, 7) is 2.22. The minimum absolute atomic E-state index is 0.156. The molecule has 0 saturated heterocycles. The third-order valence-corrected chi connectivity index (χ3v) is 3.62. The Morgan fingerprint density at radius 1 is 1.44 bits per heavy atom. The first kappa shape index (κ1) is 12.9. The van der Waals surface area contributed by atoms with E-state index in [0.29, 0.717) is 27.3 Å². The smallest absolute Gasteiger partial charge is 0.263 e. The van der Waals surface area contributed by atoms with Gasteiger partial charge in [-0.15, -0.1) is 0 Å². The van der Waals surface area contributed by atoms with Gasteiger partial charge in [-0.1, -0.05) is 35.1 Å². The first-order valence-corrected chi connectivity index (χ1v) is 6.51. The summed E-state index contributed by atoms with van der Waals surface area (Å²) in [5.41, 5.74) is 7.20. The molecular weight excluding hydrogens is 270 g/mol. The number of halogens is 1. The summed E-state index contributed by atoms with van der Waals surface area (Å²) in [5.74, 6) is -0.156. The molecule has 0 fully saturated rings. The number of nitrogens with zero attached hydrogens (tertiary/aromatic N) is 1. The molecule has 0 aliphatic rings. The lowest BCUT2D eigenvalue weighted by Gasteiger charge is -2.04. The van der Waals surface area contributed by atoms with Gasteiger partial charge in [0.15, 0.2) is 5.13 Å². The molecule has 0 saturated carbocycles. The van der Waals surface area contributed by atoms with E-state index in [2.05, 4.69) is 10.3 Å². The number of nitrogen functional groups attached to an aromatic ring is 1. The van der Waals surface area contributed by atoms with Crippen LogP contribution < -0.4 is 11.1 Å². The van der Waals surface area contributed by atoms with Crippen molar-refractivity contribution in [1.29, 1.82) is 0 Å². The number of anilines is 1. The maximum absolute atomic E-state index is 11.9. The van der Waals surface area contributed by atoms with Crippen molar-refractivity contribution in [2.24, 2.45) is 0 Å². The van der Waals surface area contributed by atoms with Crippen LogP contribution in [-0.2, 0) is 6.54 Å². The monoisotopic (exact) mass is 281 g/mol. The molecule has 2 rings (SSSR count). The van der Waals surface area contributed by atoms with E-state index in [1.54, 1.807) is 19.1 Å². The van der Waals surface area contributed by atoms with Gasteiger partial charge in [-0.3, -0.25) is 4.79 Å². The van der Waals surface area contributed by atoms with E-state index < -0.39 is 0 Å². The third kappa shape index (κ3) is 3.00. The van der Waals surface area contributed by atoms with Gasteiger partial charge in [-0.25, -0.2) is 4.98 Å². The molecule has 1 aromatic carbocycles. The van der Waals surface area contributed by atoms with E-state index in [1.165, 1.54) is 11.3 Å². The van der Waals surface area contributed by atoms with Gasteiger partial charge in [-0.2, -0.15) is 0 Å². The van der Waals surface area contributed by atoms with E-state index in [0.717, 1.165) is 5.56 Å². The van der Waals surface area contributed by atoms with Crippen LogP contribution in [0.2, 0.25) is 5.02 Å². The van der Waals surface area contributed by atoms with Crippen LogP contribution >= 0.6 is 22.9 Å². The first-order chi connectivity index (χ1) is 8.56. The molecule has 0 aliphatic carbocycles. The number of amides is 1. The zero-order valence-electron chi connectivity index (χ0n) is 9.74. The summed E-state index contributed by atoms with van der Waals surface area (Å²) < 4.78 is 0. The lowest BCUT2D eigenvalue weighted by Crippen LogP contribution is -2.22. The molecule has 94 valence electrons. The number of benzene rings is 1. The van der Waals surface area contributed by atoms with Gasteiger partial charge in [0.05, 0.1) is 5.69 Å². The molecule has 0 unspecified atom stereocenters. The summed E-state index contributed by atoms with van der Waals surface area (Å²) >= 11 is 6.98. The Kier molecular flexibility index (Phi) is 3.84. The van der Waals surface area contributed by atoms with Gasteiger partial charge in [0.25, 0.3) is 5.91 Å². The Labute approximate surface area is 114 Å². The predicted molar refractivity (Wildman–Crippen MR) is 73.9 cm³/mol. The van der Waals surface area contributed by atoms with Crippen molar-refractivity contribution in [1.82, 2.24) is 10.3 Å². The van der Waals surface area contributed by atoms with Gasteiger partial charge in [0.1, 0.15) is 4.88 Å². The minimum Gasteiger partial charge on any atom is -0.375 e. The molecule has 3 N–H and O–H groups in total. The molecule has 0 bridgehead atoms. The van der Waals surface area contributed by atoms with E-state index in [1.807, 2.05) is 12.1 Å². The Morgan fingerprint density at radius 3 is 2.67 bits per heavy atom. The van der Waals surface area contributed by atoms with Crippen LogP contribution in [0.4, 0.5) is 5.13 Å². The molecule has 2 aromatic rings. The van der Waals surface area contributed by atoms with Crippen molar-refractivity contribution in [2.45, 2.75) is 13.5 Å². The molecular formula is C12H12ClN3OS. The molecule has 0 spiro atoms. The number of thiazole rings is 1. The van der Waals surface area contributed by atoms with Gasteiger partial charge >= 0.3 is 0 Å². The van der Waals surface area contributed by atoms with E-state index in [9.17, 15) is 4.79 Å². The van der Waals surface area contributed by atoms with Crippen LogP contribution in [0.1, 0.15) is 20.9 Å². The second-order valence-corrected chi connectivity index (χ2v) is 5.24. The normalized spacial score (nSPS) is 10.3. The van der Waals surface area contributed by atoms with Gasteiger partial charge < -0.3 is 11.1 Å². The number of carbonyl (C=O) groups excluding carboxylic acids is 1. The molecule has 4 nitrogen and oxygen atoms in total. The number of rotatable bonds is 3. The van der Waals surface area contributed by atoms with Gasteiger partial charge in [-0.05, 0) is 24.6 Å². The molecule has 1 aromatic heterocycles. The molecule has 18 heavy (non-hydrogen) atoms. The number of aromatic nitrogens is 1. The number of nitrogens with one attached hydrogen (secondary N) is 1. The Morgan fingerprint density at radius 2 is 2.11 bits per heavy atom. The molecule has 6 heteroatoms. The minimum atomic E-state index is -0.156.